The first-order chi connectivity index (χ1) is 12.4. The fourth-order valence-corrected chi connectivity index (χ4v) is 3.69. The average Bonchev–Trinajstić information content (AvgIpc) is 2.60. The van der Waals surface area contributed by atoms with Crippen molar-refractivity contribution in [3.63, 3.8) is 0 Å². The van der Waals surface area contributed by atoms with E-state index in [4.69, 9.17) is 4.74 Å². The van der Waals surface area contributed by atoms with Gasteiger partial charge in [0.05, 0.1) is 16.9 Å². The predicted octanol–water partition coefficient (Wildman–Crippen LogP) is -1.34. The van der Waals surface area contributed by atoms with Gasteiger partial charge in [-0.1, -0.05) is 0 Å². The zero-order valence-electron chi connectivity index (χ0n) is 16.7. The summed E-state index contributed by atoms with van der Waals surface area (Å²) in [5.74, 6) is -1.54. The van der Waals surface area contributed by atoms with Crippen LogP contribution in [0, 0.1) is 5.82 Å². The van der Waals surface area contributed by atoms with Crippen LogP contribution in [0.25, 0.3) is 10.9 Å². The van der Waals surface area contributed by atoms with E-state index in [1.165, 1.54) is 6.20 Å². The molecular weight excluding hydrogens is 364 g/mol. The molecule has 0 radical (unpaired) electrons. The van der Waals surface area contributed by atoms with Gasteiger partial charge >= 0.3 is 35.5 Å². The maximum Gasteiger partial charge on any atom is 1.00 e. The summed E-state index contributed by atoms with van der Waals surface area (Å²) in [5.41, 5.74) is -0.224. The Labute approximate surface area is 179 Å². The normalized spacial score (nSPS) is 19.5. The smallest absolute Gasteiger partial charge is 1.00 e. The van der Waals surface area contributed by atoms with Crippen LogP contribution in [0.2, 0.25) is 0 Å². The van der Waals surface area contributed by atoms with Crippen molar-refractivity contribution in [1.82, 2.24) is 9.47 Å². The van der Waals surface area contributed by atoms with Crippen molar-refractivity contribution in [1.29, 1.82) is 0 Å². The standard InChI is InChI=1S/C18H20FN3O4.Na.H/c1-10-9-26-17-14-11(16(23)12(18(24)25)8-22(10)14)7-13(19)15(17)21-5-3-20(2)4-6-21;;/h7-8,10H,3-6,9H2,1-2H3,(H,24,25);;/q;+1;-1/t10-;;/m0../s1. The van der Waals surface area contributed by atoms with Gasteiger partial charge in [-0.15, -0.1) is 0 Å². The minimum atomic E-state index is -1.32. The number of aromatic nitrogens is 1. The molecule has 2 aromatic rings. The molecule has 140 valence electrons. The molecule has 9 heteroatoms. The van der Waals surface area contributed by atoms with Gasteiger partial charge in [-0.3, -0.25) is 4.79 Å². The van der Waals surface area contributed by atoms with Gasteiger partial charge in [0.2, 0.25) is 5.43 Å². The number of rotatable bonds is 2. The van der Waals surface area contributed by atoms with E-state index in [2.05, 4.69) is 4.90 Å². The second-order valence-electron chi connectivity index (χ2n) is 6.97. The number of benzene rings is 1. The summed E-state index contributed by atoms with van der Waals surface area (Å²) in [6, 6.07) is 0.994. The number of halogens is 1. The number of anilines is 1. The maximum absolute atomic E-state index is 15.0. The second kappa shape index (κ2) is 7.43. The van der Waals surface area contributed by atoms with E-state index in [0.717, 1.165) is 19.2 Å². The van der Waals surface area contributed by atoms with Crippen molar-refractivity contribution >= 4 is 22.6 Å². The molecule has 1 atom stereocenters. The SMILES string of the molecule is C[C@H]1COc2c(N3CCN(C)CC3)c(F)cc3c(=O)c(C(=O)O)cn1c23.[H-].[Na+]. The van der Waals surface area contributed by atoms with Crippen molar-refractivity contribution in [2.45, 2.75) is 13.0 Å². The Morgan fingerprint density at radius 1 is 1.33 bits per heavy atom. The Hall–Kier alpha value is -1.61. The van der Waals surface area contributed by atoms with Crippen molar-refractivity contribution < 1.29 is 50.0 Å². The zero-order chi connectivity index (χ0) is 18.6. The van der Waals surface area contributed by atoms with Gasteiger partial charge in [0.15, 0.2) is 11.6 Å². The molecule has 1 aromatic carbocycles. The third-order valence-electron chi connectivity index (χ3n) is 5.19. The molecule has 7 nitrogen and oxygen atoms in total. The first kappa shape index (κ1) is 20.1. The van der Waals surface area contributed by atoms with E-state index in [1.807, 2.05) is 18.9 Å². The minimum Gasteiger partial charge on any atom is -1.00 e. The quantitative estimate of drug-likeness (QED) is 0.646. The van der Waals surface area contributed by atoms with Crippen LogP contribution in [-0.4, -0.2) is 60.4 Å². The fourth-order valence-electron chi connectivity index (χ4n) is 3.69. The van der Waals surface area contributed by atoms with E-state index < -0.39 is 17.2 Å². The van der Waals surface area contributed by atoms with Crippen LogP contribution in [0.15, 0.2) is 17.1 Å². The first-order valence-corrected chi connectivity index (χ1v) is 8.59. The Kier molecular flexibility index (Phi) is 5.54. The monoisotopic (exact) mass is 385 g/mol. The molecule has 0 amide bonds. The van der Waals surface area contributed by atoms with Crippen molar-refractivity contribution in [2.24, 2.45) is 0 Å². The Morgan fingerprint density at radius 3 is 2.63 bits per heavy atom. The van der Waals surface area contributed by atoms with E-state index >= 15 is 0 Å². The molecule has 0 spiro atoms. The predicted molar refractivity (Wildman–Crippen MR) is 96.2 cm³/mol. The van der Waals surface area contributed by atoms with E-state index in [0.29, 0.717) is 30.0 Å². The van der Waals surface area contributed by atoms with E-state index in [-0.39, 0.29) is 54.6 Å². The Morgan fingerprint density at radius 2 is 2.00 bits per heavy atom. The van der Waals surface area contributed by atoms with Crippen LogP contribution in [0.3, 0.4) is 0 Å². The summed E-state index contributed by atoms with van der Waals surface area (Å²) >= 11 is 0. The molecule has 2 aliphatic rings. The van der Waals surface area contributed by atoms with Crippen LogP contribution >= 0.6 is 0 Å². The number of carboxylic acid groups (broad SMARTS) is 1. The van der Waals surface area contributed by atoms with Gasteiger partial charge in [0.1, 0.15) is 17.9 Å². The first-order valence-electron chi connectivity index (χ1n) is 8.59. The van der Waals surface area contributed by atoms with Crippen LogP contribution in [0.4, 0.5) is 10.1 Å². The van der Waals surface area contributed by atoms with E-state index in [9.17, 15) is 19.1 Å². The van der Waals surface area contributed by atoms with Gasteiger partial charge in [-0.2, -0.15) is 0 Å². The van der Waals surface area contributed by atoms with Gasteiger partial charge < -0.3 is 25.6 Å². The molecular formula is C18H21FN3NaO4. The molecule has 0 saturated carbocycles. The Bertz CT molecular complexity index is 976. The number of hydrogen-bond acceptors (Lipinski definition) is 5. The van der Waals surface area contributed by atoms with Crippen molar-refractivity contribution in [3.8, 4) is 5.75 Å². The number of hydrogen-bond donors (Lipinski definition) is 1. The number of carbonyl (C=O) groups is 1. The third-order valence-corrected chi connectivity index (χ3v) is 5.19. The number of ether oxygens (including phenoxy) is 1. The zero-order valence-corrected chi connectivity index (χ0v) is 17.7. The van der Waals surface area contributed by atoms with Gasteiger partial charge in [0.25, 0.3) is 0 Å². The van der Waals surface area contributed by atoms with E-state index in [1.54, 1.807) is 4.57 Å². The molecule has 27 heavy (non-hydrogen) atoms. The topological polar surface area (TPSA) is 75.0 Å². The summed E-state index contributed by atoms with van der Waals surface area (Å²) in [7, 11) is 2.02. The maximum atomic E-state index is 15.0. The number of piperazine rings is 1. The summed E-state index contributed by atoms with van der Waals surface area (Å²) in [6.45, 7) is 5.08. The molecule has 1 N–H and O–H groups in total. The average molecular weight is 385 g/mol. The minimum absolute atomic E-state index is 0. The molecule has 1 fully saturated rings. The Balaban J connectivity index is 0.00000140. The van der Waals surface area contributed by atoms with Crippen LogP contribution in [0.5, 0.6) is 5.75 Å². The number of aromatic carboxylic acids is 1. The number of likely N-dealkylation sites (N-methyl/N-ethyl adjacent to an activating group) is 1. The van der Waals surface area contributed by atoms with Crippen LogP contribution < -0.4 is 44.6 Å². The van der Waals surface area contributed by atoms with Gasteiger partial charge in [0, 0.05) is 32.4 Å². The third kappa shape index (κ3) is 3.24. The van der Waals surface area contributed by atoms with Gasteiger partial charge in [-0.25, -0.2) is 9.18 Å². The number of pyridine rings is 1. The fraction of sp³-hybridized carbons (Fsp3) is 0.444. The van der Waals surface area contributed by atoms with Crippen molar-refractivity contribution in [3.05, 3.63) is 33.9 Å². The molecule has 1 saturated heterocycles. The van der Waals surface area contributed by atoms with Crippen molar-refractivity contribution in [2.75, 3.05) is 44.7 Å². The summed E-state index contributed by atoms with van der Waals surface area (Å²) in [4.78, 5) is 28.1. The summed E-state index contributed by atoms with van der Waals surface area (Å²) in [6.07, 6.45) is 1.34. The molecule has 0 unspecified atom stereocenters. The molecule has 1 aromatic heterocycles. The largest absolute Gasteiger partial charge is 1.00 e. The van der Waals surface area contributed by atoms with Gasteiger partial charge in [-0.05, 0) is 20.0 Å². The number of nitrogens with zero attached hydrogens (tertiary/aromatic N) is 3. The summed E-state index contributed by atoms with van der Waals surface area (Å²) < 4.78 is 22.6. The molecule has 2 aliphatic heterocycles. The molecule has 3 heterocycles. The molecule has 0 aliphatic carbocycles. The number of carboxylic acids is 1. The second-order valence-corrected chi connectivity index (χ2v) is 6.97. The summed E-state index contributed by atoms with van der Waals surface area (Å²) in [5, 5.41) is 9.36. The van der Waals surface area contributed by atoms with Crippen LogP contribution in [0.1, 0.15) is 24.8 Å². The molecule has 0 bridgehead atoms. The molecule has 4 rings (SSSR count). The van der Waals surface area contributed by atoms with Crippen LogP contribution in [-0.2, 0) is 0 Å².